The summed E-state index contributed by atoms with van der Waals surface area (Å²) in [4.78, 5) is 29.5. The molecule has 0 aliphatic carbocycles. The average molecular weight is 552 g/mol. The van der Waals surface area contributed by atoms with E-state index < -0.39 is 6.04 Å². The molecule has 2 aromatic heterocycles. The second kappa shape index (κ2) is 10.3. The molecule has 0 N–H and O–H groups in total. The molecule has 0 saturated carbocycles. The summed E-state index contributed by atoms with van der Waals surface area (Å²) < 4.78 is 12.8. The summed E-state index contributed by atoms with van der Waals surface area (Å²) in [7, 11) is 3.01. The number of amides is 1. The van der Waals surface area contributed by atoms with Crippen LogP contribution in [0.15, 0.2) is 54.7 Å². The van der Waals surface area contributed by atoms with Gasteiger partial charge in [-0.05, 0) is 56.2 Å². The summed E-state index contributed by atoms with van der Waals surface area (Å²) >= 11 is 12.5. The molecule has 1 aliphatic heterocycles. The first-order chi connectivity index (χ1) is 18.2. The Morgan fingerprint density at radius 1 is 0.947 bits per heavy atom. The number of fused-ring (bicyclic) bond motifs is 1. The predicted molar refractivity (Wildman–Crippen MR) is 146 cm³/mol. The van der Waals surface area contributed by atoms with Gasteiger partial charge in [0.25, 0.3) is 5.91 Å². The van der Waals surface area contributed by atoms with Gasteiger partial charge in [-0.25, -0.2) is 9.97 Å². The van der Waals surface area contributed by atoms with Crippen LogP contribution < -0.4 is 9.47 Å². The van der Waals surface area contributed by atoms with E-state index in [1.807, 2.05) is 60.4 Å². The van der Waals surface area contributed by atoms with E-state index in [9.17, 15) is 4.79 Å². The standard InChI is InChI=1S/C28H27Cl2N5O3/c1-15(2)34-24-22(32-25(34)21-14-31-28(38-5)33-26(21)37-4)27(36)35(16(3)18-7-6-8-20(30)13-18)23(24)17-9-11-19(29)12-10-17/h6-16,23H,1-5H3/t16-,23-/m0/s1. The lowest BCUT2D eigenvalue weighted by Crippen LogP contribution is -2.33. The van der Waals surface area contributed by atoms with Crippen molar-refractivity contribution in [2.75, 3.05) is 14.2 Å². The Balaban J connectivity index is 1.73. The topological polar surface area (TPSA) is 82.4 Å². The van der Waals surface area contributed by atoms with Gasteiger partial charge >= 0.3 is 6.01 Å². The highest BCUT2D eigenvalue weighted by Crippen LogP contribution is 2.47. The normalized spacial score (nSPS) is 15.6. The van der Waals surface area contributed by atoms with Crippen LogP contribution in [0.25, 0.3) is 11.4 Å². The van der Waals surface area contributed by atoms with Crippen molar-refractivity contribution in [2.45, 2.75) is 38.9 Å². The minimum Gasteiger partial charge on any atom is -0.480 e. The number of carbonyl (C=O) groups is 1. The zero-order valence-electron chi connectivity index (χ0n) is 21.6. The van der Waals surface area contributed by atoms with Crippen LogP contribution in [0.5, 0.6) is 11.9 Å². The molecular formula is C28H27Cl2N5O3. The minimum atomic E-state index is -0.419. The Hall–Kier alpha value is -3.62. The summed E-state index contributed by atoms with van der Waals surface area (Å²) in [5, 5.41) is 1.23. The molecule has 0 bridgehead atoms. The Morgan fingerprint density at radius 2 is 1.68 bits per heavy atom. The van der Waals surface area contributed by atoms with Gasteiger partial charge in [0, 0.05) is 22.3 Å². The number of nitrogens with zero attached hydrogens (tertiary/aromatic N) is 5. The van der Waals surface area contributed by atoms with E-state index in [1.165, 1.54) is 14.2 Å². The van der Waals surface area contributed by atoms with E-state index >= 15 is 0 Å². The van der Waals surface area contributed by atoms with Crippen LogP contribution in [0.1, 0.15) is 66.2 Å². The quantitative estimate of drug-likeness (QED) is 0.259. The number of carbonyl (C=O) groups excluding carboxylic acids is 1. The molecule has 3 heterocycles. The van der Waals surface area contributed by atoms with Crippen LogP contribution in [-0.4, -0.2) is 44.5 Å². The van der Waals surface area contributed by atoms with Crippen molar-refractivity contribution in [1.29, 1.82) is 0 Å². The molecule has 5 rings (SSSR count). The zero-order valence-corrected chi connectivity index (χ0v) is 23.2. The van der Waals surface area contributed by atoms with Gasteiger partial charge in [-0.3, -0.25) is 4.79 Å². The van der Waals surface area contributed by atoms with Gasteiger partial charge < -0.3 is 18.9 Å². The predicted octanol–water partition coefficient (Wildman–Crippen LogP) is 6.55. The van der Waals surface area contributed by atoms with Crippen LogP contribution in [0.3, 0.4) is 0 Å². The van der Waals surface area contributed by atoms with Crippen LogP contribution >= 0.6 is 23.2 Å². The maximum atomic E-state index is 14.1. The van der Waals surface area contributed by atoms with Crippen molar-refractivity contribution < 1.29 is 14.3 Å². The smallest absolute Gasteiger partial charge is 0.319 e. The number of hydrogen-bond acceptors (Lipinski definition) is 6. The van der Waals surface area contributed by atoms with Gasteiger partial charge in [-0.2, -0.15) is 4.98 Å². The van der Waals surface area contributed by atoms with Gasteiger partial charge in [-0.15, -0.1) is 0 Å². The third kappa shape index (κ3) is 4.37. The highest BCUT2D eigenvalue weighted by molar-refractivity contribution is 6.30. The number of rotatable bonds is 7. The number of imidazole rings is 1. The molecule has 0 fully saturated rings. The van der Waals surface area contributed by atoms with Gasteiger partial charge in [-0.1, -0.05) is 47.5 Å². The van der Waals surface area contributed by atoms with Crippen LogP contribution in [-0.2, 0) is 0 Å². The van der Waals surface area contributed by atoms with Crippen molar-refractivity contribution in [1.82, 2.24) is 24.4 Å². The van der Waals surface area contributed by atoms with Crippen LogP contribution in [0, 0.1) is 0 Å². The number of ether oxygens (including phenoxy) is 2. The van der Waals surface area contributed by atoms with E-state index in [4.69, 9.17) is 37.7 Å². The van der Waals surface area contributed by atoms with Crippen LogP contribution in [0.4, 0.5) is 0 Å². The molecule has 0 radical (unpaired) electrons. The zero-order chi connectivity index (χ0) is 27.1. The fourth-order valence-corrected chi connectivity index (χ4v) is 5.32. The maximum Gasteiger partial charge on any atom is 0.319 e. The lowest BCUT2D eigenvalue weighted by atomic mass is 10.00. The molecule has 4 aromatic rings. The number of aromatic nitrogens is 4. The molecule has 2 atom stereocenters. The van der Waals surface area contributed by atoms with Gasteiger partial charge in [0.2, 0.25) is 5.88 Å². The van der Waals surface area contributed by atoms with Crippen molar-refractivity contribution in [3.63, 3.8) is 0 Å². The third-order valence-electron chi connectivity index (χ3n) is 6.72. The van der Waals surface area contributed by atoms with Gasteiger partial charge in [0.15, 0.2) is 5.69 Å². The number of benzene rings is 2. The largest absolute Gasteiger partial charge is 0.480 e. The second-order valence-electron chi connectivity index (χ2n) is 9.31. The first-order valence-corrected chi connectivity index (χ1v) is 12.9. The monoisotopic (exact) mass is 551 g/mol. The first kappa shape index (κ1) is 26.0. The Bertz CT molecular complexity index is 1500. The third-order valence-corrected chi connectivity index (χ3v) is 7.21. The molecule has 38 heavy (non-hydrogen) atoms. The highest BCUT2D eigenvalue weighted by Gasteiger charge is 2.46. The van der Waals surface area contributed by atoms with E-state index in [0.717, 1.165) is 16.8 Å². The molecule has 196 valence electrons. The maximum absolute atomic E-state index is 14.1. The van der Waals surface area contributed by atoms with Crippen molar-refractivity contribution in [3.8, 4) is 23.3 Å². The molecule has 8 nitrogen and oxygen atoms in total. The SMILES string of the molecule is COc1ncc(-c2nc3c(n2C(C)C)[C@H](c2ccc(Cl)cc2)N([C@@H](C)c2cccc(Cl)c2)C3=O)c(OC)n1. The summed E-state index contributed by atoms with van der Waals surface area (Å²) in [5.41, 5.74) is 3.57. The molecule has 0 spiro atoms. The molecule has 10 heteroatoms. The summed E-state index contributed by atoms with van der Waals surface area (Å²) in [5.74, 6) is 0.676. The van der Waals surface area contributed by atoms with E-state index in [0.29, 0.717) is 33.0 Å². The molecular weight excluding hydrogens is 525 g/mol. The summed E-state index contributed by atoms with van der Waals surface area (Å²) in [6.45, 7) is 6.10. The first-order valence-electron chi connectivity index (χ1n) is 12.2. The number of hydrogen-bond donors (Lipinski definition) is 0. The molecule has 1 amide bonds. The lowest BCUT2D eigenvalue weighted by Gasteiger charge is -2.33. The van der Waals surface area contributed by atoms with Crippen molar-refractivity contribution >= 4 is 29.1 Å². The molecule has 1 aliphatic rings. The van der Waals surface area contributed by atoms with Gasteiger partial charge in [0.1, 0.15) is 11.9 Å². The van der Waals surface area contributed by atoms with Gasteiger partial charge in [0.05, 0.1) is 31.5 Å². The Labute approximate surface area is 231 Å². The highest BCUT2D eigenvalue weighted by atomic mass is 35.5. The Morgan fingerprint density at radius 3 is 2.32 bits per heavy atom. The van der Waals surface area contributed by atoms with Crippen molar-refractivity contribution in [3.05, 3.63) is 87.3 Å². The Kier molecular flexibility index (Phi) is 7.03. The van der Waals surface area contributed by atoms with E-state index in [2.05, 4.69) is 28.4 Å². The molecule has 2 aromatic carbocycles. The molecule has 0 saturated heterocycles. The number of methoxy groups -OCH3 is 2. The minimum absolute atomic E-state index is 0.0444. The summed E-state index contributed by atoms with van der Waals surface area (Å²) in [6.07, 6.45) is 1.61. The fraction of sp³-hybridized carbons (Fsp3) is 0.286. The molecule has 0 unspecified atom stereocenters. The van der Waals surface area contributed by atoms with Crippen LogP contribution in [0.2, 0.25) is 10.0 Å². The average Bonchev–Trinajstić information content (AvgIpc) is 3.43. The fourth-order valence-electron chi connectivity index (χ4n) is 5.00. The van der Waals surface area contributed by atoms with E-state index in [1.54, 1.807) is 6.20 Å². The summed E-state index contributed by atoms with van der Waals surface area (Å²) in [6, 6.07) is 14.6. The second-order valence-corrected chi connectivity index (χ2v) is 10.2. The van der Waals surface area contributed by atoms with Crippen molar-refractivity contribution in [2.24, 2.45) is 0 Å². The lowest BCUT2D eigenvalue weighted by molar-refractivity contribution is 0.0667. The van der Waals surface area contributed by atoms with E-state index in [-0.39, 0.29) is 24.0 Å². The number of halogens is 2.